The van der Waals surface area contributed by atoms with Gasteiger partial charge in [-0.1, -0.05) is 23.5 Å². The molecule has 0 spiro atoms. The van der Waals surface area contributed by atoms with Crippen LogP contribution in [-0.4, -0.2) is 37.8 Å². The van der Waals surface area contributed by atoms with Crippen molar-refractivity contribution in [3.05, 3.63) is 55.9 Å². The molecule has 0 saturated carbocycles. The molecule has 0 saturated heterocycles. The van der Waals surface area contributed by atoms with Gasteiger partial charge in [-0.05, 0) is 6.08 Å². The maximum absolute atomic E-state index is 12.7. The molecule has 1 aromatic rings. The first-order valence-corrected chi connectivity index (χ1v) is 11.8. The lowest BCUT2D eigenvalue weighted by molar-refractivity contribution is -0.133. The molecule has 3 aliphatic rings. The SMILES string of the molecule is [C-]#[N+]C([N+]#[C-])=C1Sc2c(OC(C)=O)c3c(c(OC(C)=O)c2N1C)SC(=C1C=C(C#N)C(=O)NC1=O)N3C. The van der Waals surface area contributed by atoms with Crippen molar-refractivity contribution in [3.8, 4) is 17.6 Å². The van der Waals surface area contributed by atoms with E-state index in [0.29, 0.717) is 15.5 Å². The van der Waals surface area contributed by atoms with Gasteiger partial charge in [0.05, 0.1) is 20.4 Å². The molecule has 14 heteroatoms. The number of thioether (sulfide) groups is 2. The summed E-state index contributed by atoms with van der Waals surface area (Å²) in [5, 5.41) is 11.9. The summed E-state index contributed by atoms with van der Waals surface area (Å²) in [5.74, 6) is -2.98. The molecule has 4 rings (SSSR count). The number of ether oxygens (including phenoxy) is 2. The summed E-state index contributed by atoms with van der Waals surface area (Å²) >= 11 is 2.01. The predicted molar refractivity (Wildman–Crippen MR) is 132 cm³/mol. The molecule has 1 aromatic carbocycles. The number of amides is 2. The molecule has 37 heavy (non-hydrogen) atoms. The Labute approximate surface area is 218 Å². The number of carbonyl (C=O) groups excluding carboxylic acids is 4. The largest absolute Gasteiger partial charge is 0.550 e. The number of nitriles is 1. The number of nitrogens with zero attached hydrogens (tertiary/aromatic N) is 5. The molecule has 2 amide bonds. The Kier molecular flexibility index (Phi) is 6.44. The van der Waals surface area contributed by atoms with Crippen LogP contribution in [0.15, 0.2) is 42.9 Å². The maximum atomic E-state index is 12.7. The molecular formula is C23H14N6O6S2. The van der Waals surface area contributed by atoms with E-state index in [0.717, 1.165) is 29.6 Å². The normalized spacial score (nSPS) is 17.6. The van der Waals surface area contributed by atoms with E-state index in [1.165, 1.54) is 23.6 Å². The molecule has 0 fully saturated rings. The maximum Gasteiger partial charge on any atom is 0.550 e. The van der Waals surface area contributed by atoms with Crippen molar-refractivity contribution in [2.24, 2.45) is 0 Å². The van der Waals surface area contributed by atoms with E-state index in [2.05, 4.69) is 15.0 Å². The van der Waals surface area contributed by atoms with Gasteiger partial charge in [0, 0.05) is 27.9 Å². The molecule has 3 heterocycles. The quantitative estimate of drug-likeness (QED) is 0.197. The molecular weight excluding hydrogens is 520 g/mol. The van der Waals surface area contributed by atoms with Crippen LogP contribution >= 0.6 is 23.5 Å². The zero-order chi connectivity index (χ0) is 27.2. The van der Waals surface area contributed by atoms with E-state index in [1.807, 2.05) is 0 Å². The van der Waals surface area contributed by atoms with Gasteiger partial charge >= 0.3 is 17.8 Å². The zero-order valence-corrected chi connectivity index (χ0v) is 21.2. The van der Waals surface area contributed by atoms with Crippen LogP contribution in [0.3, 0.4) is 0 Å². The Morgan fingerprint density at radius 1 is 0.973 bits per heavy atom. The van der Waals surface area contributed by atoms with Crippen molar-refractivity contribution in [1.29, 1.82) is 5.26 Å². The van der Waals surface area contributed by atoms with Crippen LogP contribution in [0.5, 0.6) is 11.5 Å². The highest BCUT2D eigenvalue weighted by molar-refractivity contribution is 8.04. The Hall–Kier alpha value is -4.71. The second-order valence-corrected chi connectivity index (χ2v) is 9.55. The van der Waals surface area contributed by atoms with Crippen molar-refractivity contribution in [1.82, 2.24) is 5.32 Å². The monoisotopic (exact) mass is 534 g/mol. The molecule has 184 valence electrons. The third-order valence-corrected chi connectivity index (χ3v) is 7.70. The van der Waals surface area contributed by atoms with Gasteiger partial charge in [0.1, 0.15) is 36.2 Å². The number of hydrogen-bond donors (Lipinski definition) is 1. The number of nitrogens with one attached hydrogen (secondary N) is 1. The van der Waals surface area contributed by atoms with Crippen LogP contribution in [-0.2, 0) is 19.2 Å². The third-order valence-electron chi connectivity index (χ3n) is 5.20. The van der Waals surface area contributed by atoms with Crippen LogP contribution < -0.4 is 24.6 Å². The minimum Gasteiger partial charge on any atom is -0.423 e. The van der Waals surface area contributed by atoms with Gasteiger partial charge in [-0.15, -0.1) is 0 Å². The Morgan fingerprint density at radius 3 is 2.03 bits per heavy atom. The minimum atomic E-state index is -0.826. The summed E-state index contributed by atoms with van der Waals surface area (Å²) in [7, 11) is 3.15. The molecule has 12 nitrogen and oxygen atoms in total. The molecule has 0 bridgehead atoms. The first-order valence-electron chi connectivity index (χ1n) is 10.2. The fourth-order valence-corrected chi connectivity index (χ4v) is 6.15. The van der Waals surface area contributed by atoms with Gasteiger partial charge in [-0.3, -0.25) is 24.5 Å². The van der Waals surface area contributed by atoms with Gasteiger partial charge in [0.25, 0.3) is 11.8 Å². The molecule has 0 aromatic heterocycles. The second kappa shape index (κ2) is 9.39. The van der Waals surface area contributed by atoms with Crippen molar-refractivity contribution < 1.29 is 28.7 Å². The van der Waals surface area contributed by atoms with Crippen LogP contribution in [0.25, 0.3) is 9.69 Å². The van der Waals surface area contributed by atoms with Crippen molar-refractivity contribution >= 4 is 58.7 Å². The average Bonchev–Trinajstić information content (AvgIpc) is 3.35. The second-order valence-electron chi connectivity index (χ2n) is 7.55. The first-order chi connectivity index (χ1) is 17.5. The summed E-state index contributed by atoms with van der Waals surface area (Å²) in [6, 6.07) is 1.74. The number of esters is 2. The van der Waals surface area contributed by atoms with Gasteiger partial charge in [-0.2, -0.15) is 15.0 Å². The van der Waals surface area contributed by atoms with Gasteiger partial charge < -0.3 is 19.3 Å². The smallest absolute Gasteiger partial charge is 0.423 e. The molecule has 0 radical (unpaired) electrons. The lowest BCUT2D eigenvalue weighted by Gasteiger charge is -2.22. The lowest BCUT2D eigenvalue weighted by atomic mass is 10.1. The summed E-state index contributed by atoms with van der Waals surface area (Å²) in [6.45, 7) is 17.1. The number of imide groups is 1. The van der Waals surface area contributed by atoms with Gasteiger partial charge in [0.15, 0.2) is 16.5 Å². The number of anilines is 2. The summed E-state index contributed by atoms with van der Waals surface area (Å²) < 4.78 is 11.2. The molecule has 3 aliphatic heterocycles. The van der Waals surface area contributed by atoms with Crippen molar-refractivity contribution in [2.75, 3.05) is 23.9 Å². The Balaban J connectivity index is 2.06. The van der Waals surface area contributed by atoms with E-state index in [1.54, 1.807) is 20.2 Å². The molecule has 1 N–H and O–H groups in total. The number of carbonyl (C=O) groups is 4. The Morgan fingerprint density at radius 2 is 1.51 bits per heavy atom. The average molecular weight is 535 g/mol. The van der Waals surface area contributed by atoms with E-state index >= 15 is 0 Å². The first kappa shape index (κ1) is 25.4. The van der Waals surface area contributed by atoms with E-state index in [-0.39, 0.29) is 44.2 Å². The number of fused-ring (bicyclic) bond motifs is 2. The van der Waals surface area contributed by atoms with E-state index in [4.69, 9.17) is 22.6 Å². The standard InChI is InChI=1S/C23H14N6O6S2/c1-9(30)34-15-13-17(36-22(28(13)5)12-7-11(8-24)20(32)27-21(12)33)16(35-10(2)31)14-18(15)37-23(29(14)6)19(25-3)26-4/h7H,1-2,5-6H3,(H,27,32,33). The fraction of sp³-hybridized carbons (Fsp3) is 0.174. The van der Waals surface area contributed by atoms with Gasteiger partial charge in [0.2, 0.25) is 0 Å². The van der Waals surface area contributed by atoms with Gasteiger partial charge in [-0.25, -0.2) is 0 Å². The fourth-order valence-electron chi connectivity index (χ4n) is 3.75. The van der Waals surface area contributed by atoms with Crippen LogP contribution in [0.4, 0.5) is 11.4 Å². The van der Waals surface area contributed by atoms with Crippen molar-refractivity contribution in [2.45, 2.75) is 23.6 Å². The molecule has 0 aliphatic carbocycles. The molecule has 0 unspecified atom stereocenters. The Bertz CT molecular complexity index is 1540. The molecule has 0 atom stereocenters. The minimum absolute atomic E-state index is 0.00690. The highest BCUT2D eigenvalue weighted by Gasteiger charge is 2.44. The third kappa shape index (κ3) is 4.06. The number of benzene rings is 1. The number of hydrogen-bond acceptors (Lipinski definition) is 11. The highest BCUT2D eigenvalue weighted by Crippen LogP contribution is 2.66. The van der Waals surface area contributed by atoms with Crippen LogP contribution in [0, 0.1) is 24.5 Å². The van der Waals surface area contributed by atoms with Crippen molar-refractivity contribution in [3.63, 3.8) is 0 Å². The zero-order valence-electron chi connectivity index (χ0n) is 19.6. The summed E-state index contributed by atoms with van der Waals surface area (Å²) in [6.07, 6.45) is 1.16. The van der Waals surface area contributed by atoms with Crippen LogP contribution in [0.1, 0.15) is 13.8 Å². The summed E-state index contributed by atoms with van der Waals surface area (Å²) in [4.78, 5) is 59.0. The predicted octanol–water partition coefficient (Wildman–Crippen LogP) is 2.90. The highest BCUT2D eigenvalue weighted by atomic mass is 32.2. The lowest BCUT2D eigenvalue weighted by Crippen LogP contribution is -2.37. The summed E-state index contributed by atoms with van der Waals surface area (Å²) in [5.41, 5.74) is 0.306. The number of rotatable bonds is 2. The van der Waals surface area contributed by atoms with Crippen LogP contribution in [0.2, 0.25) is 0 Å². The topological polar surface area (TPSA) is 138 Å². The van der Waals surface area contributed by atoms with E-state index in [9.17, 15) is 24.4 Å². The van der Waals surface area contributed by atoms with E-state index < -0.39 is 23.8 Å².